The fourth-order valence-electron chi connectivity index (χ4n) is 4.69. The number of nitrogens with zero attached hydrogens (tertiary/aromatic N) is 5. The predicted octanol–water partition coefficient (Wildman–Crippen LogP) is 4.40. The second-order valence-electron chi connectivity index (χ2n) is 9.87. The van der Waals surface area contributed by atoms with E-state index in [-0.39, 0.29) is 24.5 Å². The zero-order valence-electron chi connectivity index (χ0n) is 22.3. The van der Waals surface area contributed by atoms with Gasteiger partial charge < -0.3 is 10.1 Å². The molecule has 1 aliphatic rings. The van der Waals surface area contributed by atoms with Gasteiger partial charge in [-0.25, -0.2) is 0 Å². The average Bonchev–Trinajstić information content (AvgIpc) is 3.71. The molecule has 3 heterocycles. The van der Waals surface area contributed by atoms with Crippen LogP contribution in [-0.4, -0.2) is 51.3 Å². The summed E-state index contributed by atoms with van der Waals surface area (Å²) in [6.45, 7) is 6.82. The van der Waals surface area contributed by atoms with Gasteiger partial charge in [0.25, 0.3) is 5.91 Å². The van der Waals surface area contributed by atoms with E-state index in [1.165, 1.54) is 16.1 Å². The summed E-state index contributed by atoms with van der Waals surface area (Å²) in [5, 5.41) is 17.7. The molecule has 2 aromatic heterocycles. The maximum absolute atomic E-state index is 14.1. The van der Waals surface area contributed by atoms with Gasteiger partial charge >= 0.3 is 0 Å². The maximum atomic E-state index is 14.1. The molecule has 0 radical (unpaired) electrons. The van der Waals surface area contributed by atoms with Crippen LogP contribution < -0.4 is 10.2 Å². The monoisotopic (exact) mass is 544 g/mol. The minimum absolute atomic E-state index is 0.0208. The Morgan fingerprint density at radius 3 is 2.64 bits per heavy atom. The molecule has 2 aromatic carbocycles. The van der Waals surface area contributed by atoms with Gasteiger partial charge in [0.1, 0.15) is 12.6 Å². The lowest BCUT2D eigenvalue weighted by Gasteiger charge is -2.33. The first-order chi connectivity index (χ1) is 18.9. The molecule has 1 N–H and O–H groups in total. The summed E-state index contributed by atoms with van der Waals surface area (Å²) in [4.78, 5) is 31.7. The van der Waals surface area contributed by atoms with E-state index in [4.69, 9.17) is 4.74 Å². The zero-order valence-corrected chi connectivity index (χ0v) is 23.1. The van der Waals surface area contributed by atoms with Crippen molar-refractivity contribution in [3.8, 4) is 10.7 Å². The first-order valence-electron chi connectivity index (χ1n) is 13.1. The third-order valence-corrected chi connectivity index (χ3v) is 7.66. The van der Waals surface area contributed by atoms with Crippen molar-refractivity contribution in [1.29, 1.82) is 0 Å². The number of aryl methyl sites for hydroxylation is 3. The van der Waals surface area contributed by atoms with E-state index in [0.29, 0.717) is 30.2 Å². The number of amides is 2. The highest BCUT2D eigenvalue weighted by Crippen LogP contribution is 2.32. The molecule has 4 aromatic rings. The summed E-state index contributed by atoms with van der Waals surface area (Å²) in [5.74, 6) is -0.133. The Morgan fingerprint density at radius 1 is 1.13 bits per heavy atom. The number of tetrazole rings is 1. The Labute approximate surface area is 231 Å². The molecular formula is C29H32N6O3S. The highest BCUT2D eigenvalue weighted by molar-refractivity contribution is 7.13. The van der Waals surface area contributed by atoms with Gasteiger partial charge in [0.2, 0.25) is 11.7 Å². The number of thiophene rings is 1. The smallest absolute Gasteiger partial charge is 0.251 e. The van der Waals surface area contributed by atoms with Crippen LogP contribution in [0.15, 0.2) is 60.0 Å². The molecule has 202 valence electrons. The van der Waals surface area contributed by atoms with Gasteiger partial charge in [0.05, 0.1) is 11.0 Å². The lowest BCUT2D eigenvalue weighted by Crippen LogP contribution is -2.47. The molecule has 0 saturated carbocycles. The molecule has 0 aliphatic carbocycles. The highest BCUT2D eigenvalue weighted by Gasteiger charge is 2.34. The summed E-state index contributed by atoms with van der Waals surface area (Å²) < 4.78 is 5.72. The summed E-state index contributed by atoms with van der Waals surface area (Å²) >= 11 is 1.50. The lowest BCUT2D eigenvalue weighted by atomic mass is 9.99. The maximum Gasteiger partial charge on any atom is 0.251 e. The molecule has 10 heteroatoms. The molecule has 5 rings (SSSR count). The number of hydrogen-bond acceptors (Lipinski definition) is 7. The Morgan fingerprint density at radius 2 is 1.92 bits per heavy atom. The summed E-state index contributed by atoms with van der Waals surface area (Å²) in [6, 6.07) is 16.5. The minimum Gasteiger partial charge on any atom is -0.376 e. The van der Waals surface area contributed by atoms with Crippen molar-refractivity contribution < 1.29 is 14.3 Å². The van der Waals surface area contributed by atoms with Crippen molar-refractivity contribution in [3.05, 3.63) is 82.2 Å². The molecule has 0 spiro atoms. The zero-order chi connectivity index (χ0) is 27.4. The quantitative estimate of drug-likeness (QED) is 0.335. The molecule has 1 fully saturated rings. The number of nitrogens with one attached hydrogen (secondary N) is 1. The minimum atomic E-state index is -0.903. The largest absolute Gasteiger partial charge is 0.376 e. The standard InChI is InChI=1S/C29H32N6O3S/c1-19-9-12-22(13-10-19)27(29(37)30-17-23-6-4-14-38-23)35(24-16-20(2)8-11-21(24)3)26(36)18-34-32-28(31-33-34)25-7-5-15-39-25/h5,7-13,15-16,23,27H,4,6,14,17-18H2,1-3H3,(H,30,37)/t23-,27+/m0/s1. The molecule has 1 saturated heterocycles. The highest BCUT2D eigenvalue weighted by atomic mass is 32.1. The molecule has 0 unspecified atom stereocenters. The first-order valence-corrected chi connectivity index (χ1v) is 13.9. The second-order valence-corrected chi connectivity index (χ2v) is 10.8. The number of hydrogen-bond donors (Lipinski definition) is 1. The van der Waals surface area contributed by atoms with Gasteiger partial charge in [-0.15, -0.1) is 21.5 Å². The topological polar surface area (TPSA) is 102 Å². The van der Waals surface area contributed by atoms with Crippen LogP contribution >= 0.6 is 11.3 Å². The number of carbonyl (C=O) groups is 2. The van der Waals surface area contributed by atoms with Crippen molar-refractivity contribution in [1.82, 2.24) is 25.5 Å². The van der Waals surface area contributed by atoms with Crippen molar-refractivity contribution >= 4 is 28.8 Å². The van der Waals surface area contributed by atoms with Crippen LogP contribution in [0.25, 0.3) is 10.7 Å². The molecule has 0 bridgehead atoms. The van der Waals surface area contributed by atoms with Gasteiger partial charge in [-0.3, -0.25) is 14.5 Å². The Bertz CT molecular complexity index is 1430. The van der Waals surface area contributed by atoms with Crippen molar-refractivity contribution in [2.75, 3.05) is 18.1 Å². The SMILES string of the molecule is Cc1ccc([C@H](C(=O)NC[C@@H]2CCCO2)N(C(=O)Cn2nnc(-c3cccs3)n2)c2cc(C)ccc2C)cc1. The Hall–Kier alpha value is -3.89. The predicted molar refractivity (Wildman–Crippen MR) is 150 cm³/mol. The fourth-order valence-corrected chi connectivity index (χ4v) is 5.34. The van der Waals surface area contributed by atoms with Crippen LogP contribution in [0.1, 0.15) is 41.1 Å². The van der Waals surface area contributed by atoms with E-state index >= 15 is 0 Å². The normalized spacial score (nSPS) is 15.7. The van der Waals surface area contributed by atoms with Crippen molar-refractivity contribution in [3.63, 3.8) is 0 Å². The summed E-state index contributed by atoms with van der Waals surface area (Å²) in [7, 11) is 0. The van der Waals surface area contributed by atoms with Gasteiger partial charge in [0, 0.05) is 18.8 Å². The van der Waals surface area contributed by atoms with E-state index in [0.717, 1.165) is 34.4 Å². The van der Waals surface area contributed by atoms with Crippen LogP contribution in [0, 0.1) is 20.8 Å². The molecule has 2 atom stereocenters. The number of ether oxygens (including phenoxy) is 1. The first kappa shape index (κ1) is 26.7. The number of anilines is 1. The van der Waals surface area contributed by atoms with Crippen LogP contribution in [0.3, 0.4) is 0 Å². The molecule has 1 aliphatic heterocycles. The lowest BCUT2D eigenvalue weighted by molar-refractivity contribution is -0.127. The summed E-state index contributed by atoms with van der Waals surface area (Å²) in [6.07, 6.45) is 1.86. The van der Waals surface area contributed by atoms with Crippen molar-refractivity contribution in [2.45, 2.75) is 52.3 Å². The van der Waals surface area contributed by atoms with E-state index in [2.05, 4.69) is 20.7 Å². The molecule has 39 heavy (non-hydrogen) atoms. The van der Waals surface area contributed by atoms with E-state index < -0.39 is 6.04 Å². The Balaban J connectivity index is 1.52. The molecule has 2 amide bonds. The van der Waals surface area contributed by atoms with Gasteiger partial charge in [-0.1, -0.05) is 48.0 Å². The van der Waals surface area contributed by atoms with E-state index in [1.54, 1.807) is 4.90 Å². The third kappa shape index (κ3) is 6.23. The van der Waals surface area contributed by atoms with Crippen LogP contribution in [-0.2, 0) is 20.9 Å². The van der Waals surface area contributed by atoms with Crippen molar-refractivity contribution in [2.24, 2.45) is 0 Å². The number of aromatic nitrogens is 4. The molecular weight excluding hydrogens is 512 g/mol. The van der Waals surface area contributed by atoms with Crippen LogP contribution in [0.4, 0.5) is 5.69 Å². The Kier molecular flexibility index (Phi) is 8.13. The van der Waals surface area contributed by atoms with Gasteiger partial charge in [-0.2, -0.15) is 4.80 Å². The van der Waals surface area contributed by atoms with Gasteiger partial charge in [0.15, 0.2) is 0 Å². The number of carbonyl (C=O) groups excluding carboxylic acids is 2. The average molecular weight is 545 g/mol. The van der Waals surface area contributed by atoms with E-state index in [1.807, 2.05) is 80.7 Å². The number of rotatable bonds is 9. The molecule has 9 nitrogen and oxygen atoms in total. The summed E-state index contributed by atoms with van der Waals surface area (Å²) in [5.41, 5.74) is 4.30. The van der Waals surface area contributed by atoms with E-state index in [9.17, 15) is 9.59 Å². The number of benzene rings is 2. The second kappa shape index (κ2) is 11.9. The fraction of sp³-hybridized carbons (Fsp3) is 0.345. The third-order valence-electron chi connectivity index (χ3n) is 6.79. The van der Waals surface area contributed by atoms with Crippen LogP contribution in [0.2, 0.25) is 0 Å². The van der Waals surface area contributed by atoms with Gasteiger partial charge in [-0.05, 0) is 73.0 Å². The van der Waals surface area contributed by atoms with Crippen LogP contribution in [0.5, 0.6) is 0 Å².